The summed E-state index contributed by atoms with van der Waals surface area (Å²) in [6, 6.07) is 23.1. The van der Waals surface area contributed by atoms with Crippen LogP contribution in [0, 0.1) is 0 Å². The van der Waals surface area contributed by atoms with Crippen molar-refractivity contribution >= 4 is 28.7 Å². The summed E-state index contributed by atoms with van der Waals surface area (Å²) in [5.74, 6) is 0.452. The van der Waals surface area contributed by atoms with E-state index in [9.17, 15) is 9.59 Å². The molecule has 0 amide bonds. The smallest absolute Gasteiger partial charge is 0.186 e. The molecule has 0 aromatic heterocycles. The first-order chi connectivity index (χ1) is 13.6. The van der Waals surface area contributed by atoms with Gasteiger partial charge in [0.15, 0.2) is 11.6 Å². The molecule has 28 heavy (non-hydrogen) atoms. The molecular weight excluding hydrogens is 372 g/mol. The highest BCUT2D eigenvalue weighted by molar-refractivity contribution is 6.30. The number of hydrogen-bond donors (Lipinski definition) is 0. The zero-order chi connectivity index (χ0) is 19.9. The lowest BCUT2D eigenvalue weighted by Gasteiger charge is -2.09. The van der Waals surface area contributed by atoms with Gasteiger partial charge in [-0.3, -0.25) is 9.59 Å². The van der Waals surface area contributed by atoms with E-state index in [1.54, 1.807) is 55.6 Å². The topological polar surface area (TPSA) is 43.4 Å². The number of benzene rings is 3. The second-order valence-corrected chi connectivity index (χ2v) is 6.67. The SMILES string of the molecule is COc1ccc(C(=O)C/C(=C/C(=O)c2ccc(Cl)cc2)c2ccccc2)cc1. The molecule has 0 unspecified atom stereocenters. The van der Waals surface area contributed by atoms with Gasteiger partial charge in [0.1, 0.15) is 5.75 Å². The van der Waals surface area contributed by atoms with Crippen molar-refractivity contribution in [1.29, 1.82) is 0 Å². The fourth-order valence-electron chi connectivity index (χ4n) is 2.80. The van der Waals surface area contributed by atoms with Gasteiger partial charge in [0.05, 0.1) is 7.11 Å². The van der Waals surface area contributed by atoms with Crippen molar-refractivity contribution in [1.82, 2.24) is 0 Å². The molecule has 0 N–H and O–H groups in total. The van der Waals surface area contributed by atoms with Crippen molar-refractivity contribution in [3.63, 3.8) is 0 Å². The molecule has 140 valence electrons. The van der Waals surface area contributed by atoms with Crippen molar-refractivity contribution in [2.45, 2.75) is 6.42 Å². The van der Waals surface area contributed by atoms with Crippen LogP contribution in [0.25, 0.3) is 5.57 Å². The Hall–Kier alpha value is -3.17. The molecule has 0 aliphatic carbocycles. The third-order valence-electron chi connectivity index (χ3n) is 4.34. The zero-order valence-corrected chi connectivity index (χ0v) is 16.1. The Balaban J connectivity index is 1.89. The van der Waals surface area contributed by atoms with Crippen molar-refractivity contribution in [2.75, 3.05) is 7.11 Å². The predicted molar refractivity (Wildman–Crippen MR) is 112 cm³/mol. The Morgan fingerprint density at radius 2 is 1.43 bits per heavy atom. The van der Waals surface area contributed by atoms with Gasteiger partial charge in [0.25, 0.3) is 0 Å². The van der Waals surface area contributed by atoms with Crippen molar-refractivity contribution in [2.24, 2.45) is 0 Å². The highest BCUT2D eigenvalue weighted by Gasteiger charge is 2.13. The summed E-state index contributed by atoms with van der Waals surface area (Å²) < 4.78 is 5.13. The molecule has 0 aliphatic rings. The standard InChI is InChI=1S/C24H19ClO3/c1-28-22-13-9-19(10-14-22)24(27)16-20(17-5-3-2-4-6-17)15-23(26)18-7-11-21(25)12-8-18/h2-15H,16H2,1H3/b20-15-. The predicted octanol–water partition coefficient (Wildman–Crippen LogP) is 5.89. The highest BCUT2D eigenvalue weighted by Crippen LogP contribution is 2.23. The third kappa shape index (κ3) is 4.96. The first kappa shape index (κ1) is 19.6. The maximum atomic E-state index is 12.8. The molecule has 0 heterocycles. The highest BCUT2D eigenvalue weighted by atomic mass is 35.5. The fraction of sp³-hybridized carbons (Fsp3) is 0.0833. The second kappa shape index (κ2) is 9.16. The van der Waals surface area contributed by atoms with Crippen LogP contribution in [0.4, 0.5) is 0 Å². The van der Waals surface area contributed by atoms with Crippen LogP contribution in [0.2, 0.25) is 5.02 Å². The van der Waals surface area contributed by atoms with Crippen LogP contribution in [0.15, 0.2) is 84.9 Å². The maximum absolute atomic E-state index is 12.8. The Kier molecular flexibility index (Phi) is 6.41. The summed E-state index contributed by atoms with van der Waals surface area (Å²) in [6.07, 6.45) is 1.65. The zero-order valence-electron chi connectivity index (χ0n) is 15.4. The number of carbonyl (C=O) groups excluding carboxylic acids is 2. The quantitative estimate of drug-likeness (QED) is 0.373. The molecule has 3 aromatic carbocycles. The molecule has 0 saturated carbocycles. The van der Waals surface area contributed by atoms with Crippen LogP contribution in [-0.4, -0.2) is 18.7 Å². The molecule has 0 aliphatic heterocycles. The van der Waals surface area contributed by atoms with Gasteiger partial charge >= 0.3 is 0 Å². The lowest BCUT2D eigenvalue weighted by molar-refractivity contribution is 0.0998. The Labute approximate surface area is 169 Å². The molecule has 0 radical (unpaired) electrons. The fourth-order valence-corrected chi connectivity index (χ4v) is 2.92. The van der Waals surface area contributed by atoms with Crippen molar-refractivity contribution in [3.8, 4) is 5.75 Å². The molecule has 0 bridgehead atoms. The minimum Gasteiger partial charge on any atom is -0.497 e. The van der Waals surface area contributed by atoms with E-state index >= 15 is 0 Å². The van der Waals surface area contributed by atoms with E-state index in [-0.39, 0.29) is 18.0 Å². The number of Topliss-reactive ketones (excluding diaryl/α,β-unsaturated/α-hetero) is 1. The number of methoxy groups -OCH3 is 1. The van der Waals surface area contributed by atoms with Gasteiger partial charge < -0.3 is 4.74 Å². The number of ether oxygens (including phenoxy) is 1. The third-order valence-corrected chi connectivity index (χ3v) is 4.59. The maximum Gasteiger partial charge on any atom is 0.186 e. The van der Waals surface area contributed by atoms with Crippen LogP contribution < -0.4 is 4.74 Å². The van der Waals surface area contributed by atoms with Crippen LogP contribution in [0.3, 0.4) is 0 Å². The number of rotatable bonds is 7. The Bertz CT molecular complexity index is 988. The van der Waals surface area contributed by atoms with Gasteiger partial charge in [-0.2, -0.15) is 0 Å². The van der Waals surface area contributed by atoms with Gasteiger partial charge in [0.2, 0.25) is 0 Å². The number of halogens is 1. The second-order valence-electron chi connectivity index (χ2n) is 6.24. The average Bonchev–Trinajstić information content (AvgIpc) is 2.74. The van der Waals surface area contributed by atoms with Crippen molar-refractivity contribution in [3.05, 3.63) is 107 Å². The molecule has 0 atom stereocenters. The molecular formula is C24H19ClO3. The van der Waals surface area contributed by atoms with Crippen LogP contribution >= 0.6 is 11.6 Å². The lowest BCUT2D eigenvalue weighted by atomic mass is 9.95. The molecule has 0 saturated heterocycles. The molecule has 0 fully saturated rings. The number of carbonyl (C=O) groups is 2. The normalized spacial score (nSPS) is 11.1. The number of ketones is 2. The monoisotopic (exact) mass is 390 g/mol. The molecule has 4 heteroatoms. The van der Waals surface area contributed by atoms with Crippen LogP contribution in [0.5, 0.6) is 5.75 Å². The Morgan fingerprint density at radius 3 is 2.04 bits per heavy atom. The molecule has 3 rings (SSSR count). The summed E-state index contributed by atoms with van der Waals surface area (Å²) in [7, 11) is 1.58. The summed E-state index contributed by atoms with van der Waals surface area (Å²) in [5.41, 5.74) is 2.60. The van der Waals surface area contributed by atoms with Crippen molar-refractivity contribution < 1.29 is 14.3 Å². The van der Waals surface area contributed by atoms with Gasteiger partial charge in [0, 0.05) is 22.6 Å². The number of hydrogen-bond acceptors (Lipinski definition) is 3. The van der Waals surface area contributed by atoms with Crippen LogP contribution in [0.1, 0.15) is 32.7 Å². The first-order valence-electron chi connectivity index (χ1n) is 8.80. The minimum absolute atomic E-state index is 0.0679. The van der Waals surface area contributed by atoms with E-state index < -0.39 is 0 Å². The Morgan fingerprint density at radius 1 is 0.821 bits per heavy atom. The average molecular weight is 391 g/mol. The summed E-state index contributed by atoms with van der Waals surface area (Å²) in [5, 5.41) is 0.568. The van der Waals surface area contributed by atoms with E-state index in [0.717, 1.165) is 5.56 Å². The summed E-state index contributed by atoms with van der Waals surface area (Å²) in [6.45, 7) is 0. The van der Waals surface area contributed by atoms with E-state index in [4.69, 9.17) is 16.3 Å². The number of allylic oxidation sites excluding steroid dienone is 2. The van der Waals surface area contributed by atoms with Gasteiger partial charge in [-0.05, 0) is 65.7 Å². The lowest BCUT2D eigenvalue weighted by Crippen LogP contribution is -2.03. The van der Waals surface area contributed by atoms with Gasteiger partial charge in [-0.1, -0.05) is 41.9 Å². The van der Waals surface area contributed by atoms with Crippen LogP contribution in [-0.2, 0) is 0 Å². The van der Waals surface area contributed by atoms with Gasteiger partial charge in [-0.15, -0.1) is 0 Å². The van der Waals surface area contributed by atoms with E-state index in [0.29, 0.717) is 27.5 Å². The largest absolute Gasteiger partial charge is 0.497 e. The van der Waals surface area contributed by atoms with E-state index in [2.05, 4.69) is 0 Å². The molecule has 0 spiro atoms. The first-order valence-corrected chi connectivity index (χ1v) is 9.18. The molecule has 3 nitrogen and oxygen atoms in total. The summed E-state index contributed by atoms with van der Waals surface area (Å²) in [4.78, 5) is 25.5. The van der Waals surface area contributed by atoms with E-state index in [1.807, 2.05) is 30.3 Å². The minimum atomic E-state index is -0.168. The molecule has 3 aromatic rings. The van der Waals surface area contributed by atoms with Gasteiger partial charge in [-0.25, -0.2) is 0 Å². The van der Waals surface area contributed by atoms with E-state index in [1.165, 1.54) is 6.08 Å². The summed E-state index contributed by atoms with van der Waals surface area (Å²) >= 11 is 5.90.